The molecule has 0 atom stereocenters. The first-order chi connectivity index (χ1) is 12.2. The van der Waals surface area contributed by atoms with Crippen LogP contribution >= 0.6 is 0 Å². The highest BCUT2D eigenvalue weighted by Crippen LogP contribution is 2.25. The zero-order chi connectivity index (χ0) is 17.6. The second-order valence-electron chi connectivity index (χ2n) is 6.19. The third-order valence-electron chi connectivity index (χ3n) is 4.21. The predicted molar refractivity (Wildman–Crippen MR) is 98.2 cm³/mol. The number of aryl methyl sites for hydroxylation is 1. The van der Waals surface area contributed by atoms with Crippen LogP contribution in [0.1, 0.15) is 48.9 Å². The Bertz CT molecular complexity index is 742. The normalized spacial score (nSPS) is 14.3. The zero-order valence-electron chi connectivity index (χ0n) is 14.7. The molecule has 3 rings (SSSR count). The number of nitrogens with zero attached hydrogens (tertiary/aromatic N) is 2. The molecule has 2 aromatic rings. The summed E-state index contributed by atoms with van der Waals surface area (Å²) in [5.74, 6) is 1.66. The number of ether oxygens (including phenoxy) is 1. The molecule has 132 valence electrons. The Kier molecular flexibility index (Phi) is 5.48. The highest BCUT2D eigenvalue weighted by atomic mass is 16.5. The maximum absolute atomic E-state index is 12.6. The number of amides is 1. The van der Waals surface area contributed by atoms with Crippen LogP contribution in [0.2, 0.25) is 0 Å². The van der Waals surface area contributed by atoms with Crippen LogP contribution in [0.5, 0.6) is 5.75 Å². The largest absolute Gasteiger partial charge is 0.492 e. The van der Waals surface area contributed by atoms with Crippen molar-refractivity contribution in [3.05, 3.63) is 41.9 Å². The maximum atomic E-state index is 12.6. The summed E-state index contributed by atoms with van der Waals surface area (Å²) < 4.78 is 5.55. The summed E-state index contributed by atoms with van der Waals surface area (Å²) in [7, 11) is 0. The van der Waals surface area contributed by atoms with Gasteiger partial charge in [0.25, 0.3) is 5.91 Å². The topological polar surface area (TPSA) is 76.1 Å². The molecule has 1 heterocycles. The summed E-state index contributed by atoms with van der Waals surface area (Å²) in [4.78, 5) is 21.3. The van der Waals surface area contributed by atoms with E-state index in [1.165, 1.54) is 12.8 Å². The van der Waals surface area contributed by atoms with Crippen LogP contribution in [0.15, 0.2) is 30.3 Å². The Morgan fingerprint density at radius 2 is 2.00 bits per heavy atom. The lowest BCUT2D eigenvalue weighted by atomic mass is 10.2. The highest BCUT2D eigenvalue weighted by molar-refractivity contribution is 6.04. The van der Waals surface area contributed by atoms with Gasteiger partial charge in [0.15, 0.2) is 0 Å². The van der Waals surface area contributed by atoms with Gasteiger partial charge in [-0.05, 0) is 38.8 Å². The minimum absolute atomic E-state index is 0.271. The van der Waals surface area contributed by atoms with Gasteiger partial charge in [0.1, 0.15) is 23.1 Å². The van der Waals surface area contributed by atoms with Gasteiger partial charge in [-0.2, -0.15) is 0 Å². The molecule has 0 saturated heterocycles. The number of benzene rings is 1. The van der Waals surface area contributed by atoms with E-state index < -0.39 is 0 Å². The molecule has 1 aromatic heterocycles. The minimum atomic E-state index is -0.271. The first kappa shape index (κ1) is 17.2. The number of hydrogen-bond acceptors (Lipinski definition) is 5. The van der Waals surface area contributed by atoms with Gasteiger partial charge >= 0.3 is 0 Å². The van der Waals surface area contributed by atoms with E-state index in [0.29, 0.717) is 41.4 Å². The molecular formula is C19H24N4O2. The molecule has 0 unspecified atom stereocenters. The Morgan fingerprint density at radius 3 is 2.76 bits per heavy atom. The summed E-state index contributed by atoms with van der Waals surface area (Å²) in [5, 5.41) is 6.29. The molecule has 0 spiro atoms. The van der Waals surface area contributed by atoms with Crippen molar-refractivity contribution in [1.29, 1.82) is 0 Å². The second-order valence-corrected chi connectivity index (χ2v) is 6.19. The molecule has 6 heteroatoms. The lowest BCUT2D eigenvalue weighted by molar-refractivity contribution is 0.102. The fraction of sp³-hybridized carbons (Fsp3) is 0.421. The second kappa shape index (κ2) is 7.96. The van der Waals surface area contributed by atoms with E-state index in [9.17, 15) is 4.79 Å². The van der Waals surface area contributed by atoms with Gasteiger partial charge < -0.3 is 15.4 Å². The quantitative estimate of drug-likeness (QED) is 0.837. The minimum Gasteiger partial charge on any atom is -0.492 e. The van der Waals surface area contributed by atoms with Crippen LogP contribution in [0, 0.1) is 6.92 Å². The summed E-state index contributed by atoms with van der Waals surface area (Å²) in [5.41, 5.74) is 0.982. The van der Waals surface area contributed by atoms with E-state index in [1.54, 1.807) is 13.0 Å². The molecule has 1 aromatic carbocycles. The van der Waals surface area contributed by atoms with E-state index in [1.807, 2.05) is 31.2 Å². The predicted octanol–water partition coefficient (Wildman–Crippen LogP) is 3.79. The van der Waals surface area contributed by atoms with Crippen molar-refractivity contribution in [2.45, 2.75) is 45.6 Å². The van der Waals surface area contributed by atoms with Crippen molar-refractivity contribution in [3.8, 4) is 5.75 Å². The van der Waals surface area contributed by atoms with Gasteiger partial charge in [-0.25, -0.2) is 9.97 Å². The Morgan fingerprint density at radius 1 is 1.24 bits per heavy atom. The Hall–Kier alpha value is -2.63. The number of aromatic nitrogens is 2. The monoisotopic (exact) mass is 340 g/mol. The van der Waals surface area contributed by atoms with E-state index in [4.69, 9.17) is 4.74 Å². The van der Waals surface area contributed by atoms with Gasteiger partial charge in [0.2, 0.25) is 0 Å². The van der Waals surface area contributed by atoms with Gasteiger partial charge in [-0.15, -0.1) is 0 Å². The molecule has 6 nitrogen and oxygen atoms in total. The number of rotatable bonds is 6. The number of carbonyl (C=O) groups excluding carboxylic acids is 1. The molecule has 2 N–H and O–H groups in total. The van der Waals surface area contributed by atoms with Crippen molar-refractivity contribution in [2.24, 2.45) is 0 Å². The molecular weight excluding hydrogens is 316 g/mol. The molecule has 1 amide bonds. The third kappa shape index (κ3) is 4.47. The Balaban J connectivity index is 1.76. The van der Waals surface area contributed by atoms with Gasteiger partial charge in [-0.1, -0.05) is 25.0 Å². The summed E-state index contributed by atoms with van der Waals surface area (Å²) in [6.07, 6.45) is 4.77. The average molecular weight is 340 g/mol. The lowest BCUT2D eigenvalue weighted by Crippen LogP contribution is -2.19. The van der Waals surface area contributed by atoms with Crippen molar-refractivity contribution < 1.29 is 9.53 Å². The van der Waals surface area contributed by atoms with Gasteiger partial charge in [0, 0.05) is 12.1 Å². The molecule has 1 fully saturated rings. The summed E-state index contributed by atoms with van der Waals surface area (Å²) in [6, 6.07) is 9.52. The average Bonchev–Trinajstić information content (AvgIpc) is 3.09. The first-order valence-corrected chi connectivity index (χ1v) is 8.81. The maximum Gasteiger partial charge on any atom is 0.274 e. The molecule has 1 aliphatic carbocycles. The molecule has 0 bridgehead atoms. The number of nitrogens with one attached hydrogen (secondary N) is 2. The molecule has 0 radical (unpaired) electrons. The summed E-state index contributed by atoms with van der Waals surface area (Å²) in [6.45, 7) is 4.24. The molecule has 1 saturated carbocycles. The van der Waals surface area contributed by atoms with Crippen LogP contribution < -0.4 is 15.4 Å². The smallest absolute Gasteiger partial charge is 0.274 e. The third-order valence-corrected chi connectivity index (χ3v) is 4.21. The SMILES string of the molecule is CCOc1ccccc1NC(=O)c1cc(NC2CCCC2)nc(C)n1. The first-order valence-electron chi connectivity index (χ1n) is 8.81. The summed E-state index contributed by atoms with van der Waals surface area (Å²) >= 11 is 0. The van der Waals surface area contributed by atoms with Crippen LogP contribution in [0.4, 0.5) is 11.5 Å². The lowest BCUT2D eigenvalue weighted by Gasteiger charge is -2.14. The number of para-hydroxylation sites is 2. The van der Waals surface area contributed by atoms with Crippen molar-refractivity contribution in [3.63, 3.8) is 0 Å². The molecule has 25 heavy (non-hydrogen) atoms. The fourth-order valence-electron chi connectivity index (χ4n) is 3.07. The van der Waals surface area contributed by atoms with Gasteiger partial charge in [0.05, 0.1) is 12.3 Å². The van der Waals surface area contributed by atoms with Crippen LogP contribution in [0.3, 0.4) is 0 Å². The molecule has 0 aliphatic heterocycles. The number of anilines is 2. The van der Waals surface area contributed by atoms with Crippen molar-refractivity contribution in [2.75, 3.05) is 17.2 Å². The zero-order valence-corrected chi connectivity index (χ0v) is 14.7. The van der Waals surface area contributed by atoms with E-state index >= 15 is 0 Å². The van der Waals surface area contributed by atoms with E-state index in [0.717, 1.165) is 12.8 Å². The number of carbonyl (C=O) groups is 1. The van der Waals surface area contributed by atoms with Crippen LogP contribution in [-0.4, -0.2) is 28.5 Å². The molecule has 1 aliphatic rings. The van der Waals surface area contributed by atoms with Gasteiger partial charge in [-0.3, -0.25) is 4.79 Å². The van der Waals surface area contributed by atoms with E-state index in [-0.39, 0.29) is 5.91 Å². The van der Waals surface area contributed by atoms with Crippen LogP contribution in [-0.2, 0) is 0 Å². The standard InChI is InChI=1S/C19H24N4O2/c1-3-25-17-11-7-6-10-15(17)23-19(24)16-12-18(21-13(2)20-16)22-14-8-4-5-9-14/h6-7,10-12,14H,3-5,8-9H2,1-2H3,(H,23,24)(H,20,21,22). The Labute approximate surface area is 148 Å². The van der Waals surface area contributed by atoms with Crippen LogP contribution in [0.25, 0.3) is 0 Å². The number of hydrogen-bond donors (Lipinski definition) is 2. The van der Waals surface area contributed by atoms with Crippen molar-refractivity contribution >= 4 is 17.4 Å². The van der Waals surface area contributed by atoms with E-state index in [2.05, 4.69) is 20.6 Å². The fourth-order valence-corrected chi connectivity index (χ4v) is 3.07. The van der Waals surface area contributed by atoms with Crippen molar-refractivity contribution in [1.82, 2.24) is 9.97 Å². The highest BCUT2D eigenvalue weighted by Gasteiger charge is 2.17.